The van der Waals surface area contributed by atoms with Crippen LogP contribution in [-0.4, -0.2) is 23.9 Å². The Morgan fingerprint density at radius 1 is 1.10 bits per heavy atom. The second-order valence-corrected chi connectivity index (χ2v) is 5.73. The van der Waals surface area contributed by atoms with Crippen molar-refractivity contribution in [2.45, 2.75) is 26.4 Å². The number of alkyl halides is 3. The Morgan fingerprint density at radius 2 is 1.60 bits per heavy atom. The lowest BCUT2D eigenvalue weighted by atomic mass is 9.91. The van der Waals surface area contributed by atoms with E-state index in [1.54, 1.807) is 4.90 Å². The van der Waals surface area contributed by atoms with Gasteiger partial charge < -0.3 is 4.90 Å². The van der Waals surface area contributed by atoms with Crippen LogP contribution < -0.4 is 0 Å². The maximum atomic E-state index is 12.5. The number of carbonyl (C=O) groups excluding carboxylic acids is 1. The average molecular weight is 285 g/mol. The Kier molecular flexibility index (Phi) is 4.06. The molecule has 1 amide bonds. The fraction of sp³-hybridized carbons (Fsp3) is 0.533. The quantitative estimate of drug-likeness (QED) is 0.768. The topological polar surface area (TPSA) is 20.3 Å². The van der Waals surface area contributed by atoms with Gasteiger partial charge in [-0.2, -0.15) is 13.2 Å². The van der Waals surface area contributed by atoms with E-state index in [9.17, 15) is 18.0 Å². The summed E-state index contributed by atoms with van der Waals surface area (Å²) in [6, 6.07) is 4.44. The molecule has 0 saturated carbocycles. The summed E-state index contributed by atoms with van der Waals surface area (Å²) in [6.07, 6.45) is -3.29. The second kappa shape index (κ2) is 5.46. The minimum absolute atomic E-state index is 0.183. The van der Waals surface area contributed by atoms with Gasteiger partial charge in [0.1, 0.15) is 0 Å². The predicted molar refractivity (Wildman–Crippen MR) is 70.3 cm³/mol. The molecule has 110 valence electrons. The zero-order chi connectivity index (χ0) is 14.9. The summed E-state index contributed by atoms with van der Waals surface area (Å²) >= 11 is 0. The van der Waals surface area contributed by atoms with Crippen LogP contribution >= 0.6 is 0 Å². The van der Waals surface area contributed by atoms with Crippen molar-refractivity contribution in [3.8, 4) is 0 Å². The number of rotatable bonds is 1. The molecule has 20 heavy (non-hydrogen) atoms. The van der Waals surface area contributed by atoms with E-state index in [0.717, 1.165) is 18.6 Å². The first kappa shape index (κ1) is 14.9. The fourth-order valence-corrected chi connectivity index (χ4v) is 2.81. The summed E-state index contributed by atoms with van der Waals surface area (Å²) in [7, 11) is 0. The van der Waals surface area contributed by atoms with Gasteiger partial charge in [0.2, 0.25) is 0 Å². The molecule has 1 aromatic rings. The van der Waals surface area contributed by atoms with Gasteiger partial charge in [-0.3, -0.25) is 4.79 Å². The van der Waals surface area contributed by atoms with Gasteiger partial charge in [0.25, 0.3) is 5.91 Å². The Labute approximate surface area is 116 Å². The largest absolute Gasteiger partial charge is 0.416 e. The molecule has 2 nitrogen and oxygen atoms in total. The van der Waals surface area contributed by atoms with Crippen LogP contribution in [0.25, 0.3) is 0 Å². The molecule has 1 aliphatic heterocycles. The number of hydrogen-bond acceptors (Lipinski definition) is 1. The molecule has 0 unspecified atom stereocenters. The lowest BCUT2D eigenvalue weighted by Crippen LogP contribution is -2.42. The molecule has 2 atom stereocenters. The molecule has 0 spiro atoms. The molecule has 1 aliphatic rings. The van der Waals surface area contributed by atoms with Gasteiger partial charge in [-0.25, -0.2) is 0 Å². The molecule has 0 aromatic heterocycles. The maximum Gasteiger partial charge on any atom is 0.416 e. The van der Waals surface area contributed by atoms with E-state index in [0.29, 0.717) is 30.5 Å². The summed E-state index contributed by atoms with van der Waals surface area (Å²) < 4.78 is 37.4. The van der Waals surface area contributed by atoms with Crippen LogP contribution in [0.15, 0.2) is 24.3 Å². The third-order valence-electron chi connectivity index (χ3n) is 3.62. The third kappa shape index (κ3) is 3.32. The Morgan fingerprint density at radius 3 is 2.05 bits per heavy atom. The van der Waals surface area contributed by atoms with Crippen molar-refractivity contribution >= 4 is 5.91 Å². The highest BCUT2D eigenvalue weighted by molar-refractivity contribution is 5.94. The molecule has 2 rings (SSSR count). The maximum absolute atomic E-state index is 12.5. The van der Waals surface area contributed by atoms with E-state index in [-0.39, 0.29) is 5.91 Å². The molecule has 5 heteroatoms. The van der Waals surface area contributed by atoms with Gasteiger partial charge in [0.05, 0.1) is 5.56 Å². The Hall–Kier alpha value is -1.52. The lowest BCUT2D eigenvalue weighted by Gasteiger charge is -2.35. The monoisotopic (exact) mass is 285 g/mol. The van der Waals surface area contributed by atoms with Gasteiger partial charge in [-0.15, -0.1) is 0 Å². The second-order valence-electron chi connectivity index (χ2n) is 5.73. The molecule has 1 heterocycles. The van der Waals surface area contributed by atoms with Gasteiger partial charge in [0.15, 0.2) is 0 Å². The van der Waals surface area contributed by atoms with Crippen LogP contribution in [0.5, 0.6) is 0 Å². The molecule has 1 saturated heterocycles. The molecular formula is C15H18F3NO. The zero-order valence-corrected chi connectivity index (χ0v) is 11.6. The van der Waals surface area contributed by atoms with Crippen LogP contribution in [-0.2, 0) is 6.18 Å². The molecule has 0 N–H and O–H groups in total. The summed E-state index contributed by atoms with van der Waals surface area (Å²) in [5, 5.41) is 0. The SMILES string of the molecule is C[C@@H]1C[C@@H](C)CN(C(=O)c2ccc(C(F)(F)F)cc2)C1. The van der Waals surface area contributed by atoms with E-state index >= 15 is 0 Å². The van der Waals surface area contributed by atoms with Crippen LogP contribution in [0.2, 0.25) is 0 Å². The summed E-state index contributed by atoms with van der Waals surface area (Å²) in [5.41, 5.74) is -0.409. The van der Waals surface area contributed by atoms with Crippen molar-refractivity contribution in [1.82, 2.24) is 4.90 Å². The van der Waals surface area contributed by atoms with E-state index < -0.39 is 11.7 Å². The fourth-order valence-electron chi connectivity index (χ4n) is 2.81. The summed E-state index contributed by atoms with van der Waals surface area (Å²) in [5.74, 6) is 0.673. The Balaban J connectivity index is 2.13. The predicted octanol–water partition coefficient (Wildman–Crippen LogP) is 3.82. The van der Waals surface area contributed by atoms with Gasteiger partial charge in [-0.1, -0.05) is 13.8 Å². The van der Waals surface area contributed by atoms with E-state index in [4.69, 9.17) is 0 Å². The smallest absolute Gasteiger partial charge is 0.338 e. The van der Waals surface area contributed by atoms with Crippen LogP contribution in [0.4, 0.5) is 13.2 Å². The number of piperidine rings is 1. The molecule has 0 aliphatic carbocycles. The van der Waals surface area contributed by atoms with Crippen molar-refractivity contribution < 1.29 is 18.0 Å². The van der Waals surface area contributed by atoms with E-state index in [2.05, 4.69) is 13.8 Å². The van der Waals surface area contributed by atoms with Gasteiger partial charge in [0, 0.05) is 18.7 Å². The van der Waals surface area contributed by atoms with Crippen molar-refractivity contribution in [3.63, 3.8) is 0 Å². The molecule has 1 aromatic carbocycles. The highest BCUT2D eigenvalue weighted by atomic mass is 19.4. The Bertz CT molecular complexity index is 471. The number of benzene rings is 1. The van der Waals surface area contributed by atoms with Crippen molar-refractivity contribution in [2.24, 2.45) is 11.8 Å². The standard InChI is InChI=1S/C15H18F3NO/c1-10-7-11(2)9-19(8-10)14(20)12-3-5-13(6-4-12)15(16,17)18/h3-6,10-11H,7-9H2,1-2H3/t10-,11-/m1/s1. The number of halogens is 3. The number of likely N-dealkylation sites (tertiary alicyclic amines) is 1. The van der Waals surface area contributed by atoms with Crippen LogP contribution in [0.1, 0.15) is 36.2 Å². The number of amides is 1. The summed E-state index contributed by atoms with van der Waals surface area (Å²) in [6.45, 7) is 5.51. The first-order chi connectivity index (χ1) is 9.27. The zero-order valence-electron chi connectivity index (χ0n) is 11.6. The number of nitrogens with zero attached hydrogens (tertiary/aromatic N) is 1. The van der Waals surface area contributed by atoms with E-state index in [1.807, 2.05) is 0 Å². The van der Waals surface area contributed by atoms with Crippen molar-refractivity contribution in [2.75, 3.05) is 13.1 Å². The average Bonchev–Trinajstić information content (AvgIpc) is 2.36. The molecular weight excluding hydrogens is 267 g/mol. The summed E-state index contributed by atoms with van der Waals surface area (Å²) in [4.78, 5) is 14.0. The molecule has 0 bridgehead atoms. The van der Waals surface area contributed by atoms with E-state index in [1.165, 1.54) is 12.1 Å². The van der Waals surface area contributed by atoms with Crippen LogP contribution in [0, 0.1) is 11.8 Å². The van der Waals surface area contributed by atoms with Crippen LogP contribution in [0.3, 0.4) is 0 Å². The van der Waals surface area contributed by atoms with Crippen molar-refractivity contribution in [1.29, 1.82) is 0 Å². The normalized spacial score (nSPS) is 23.8. The lowest BCUT2D eigenvalue weighted by molar-refractivity contribution is -0.137. The highest BCUT2D eigenvalue weighted by Gasteiger charge is 2.31. The van der Waals surface area contributed by atoms with Gasteiger partial charge >= 0.3 is 6.18 Å². The molecule has 0 radical (unpaired) electrons. The molecule has 1 fully saturated rings. The van der Waals surface area contributed by atoms with Gasteiger partial charge in [-0.05, 0) is 42.5 Å². The highest BCUT2D eigenvalue weighted by Crippen LogP contribution is 2.29. The minimum Gasteiger partial charge on any atom is -0.338 e. The first-order valence-electron chi connectivity index (χ1n) is 6.74. The minimum atomic E-state index is -4.37. The van der Waals surface area contributed by atoms with Crippen molar-refractivity contribution in [3.05, 3.63) is 35.4 Å². The third-order valence-corrected chi connectivity index (χ3v) is 3.62. The first-order valence-corrected chi connectivity index (χ1v) is 6.74. The number of carbonyl (C=O) groups is 1. The number of hydrogen-bond donors (Lipinski definition) is 0.